The van der Waals surface area contributed by atoms with Crippen molar-refractivity contribution in [2.24, 2.45) is 5.73 Å². The summed E-state index contributed by atoms with van der Waals surface area (Å²) in [4.78, 5) is 11.3. The molecule has 0 bridgehead atoms. The topological polar surface area (TPSA) is 75.3 Å². The molecule has 0 aromatic heterocycles. The van der Waals surface area contributed by atoms with Crippen LogP contribution < -0.4 is 11.1 Å². The number of nitrogens with one attached hydrogen (secondary N) is 1. The molecule has 1 unspecified atom stereocenters. The summed E-state index contributed by atoms with van der Waals surface area (Å²) >= 11 is 0. The van der Waals surface area contributed by atoms with Gasteiger partial charge in [0.05, 0.1) is 6.10 Å². The van der Waals surface area contributed by atoms with Crippen LogP contribution in [0.15, 0.2) is 0 Å². The summed E-state index contributed by atoms with van der Waals surface area (Å²) in [5.41, 5.74) is 5.48. The van der Waals surface area contributed by atoms with Crippen LogP contribution >= 0.6 is 0 Å². The Morgan fingerprint density at radius 3 is 2.60 bits per heavy atom. The maximum Gasteiger partial charge on any atom is 0.220 e. The van der Waals surface area contributed by atoms with E-state index in [-0.39, 0.29) is 17.6 Å². The number of carbonyl (C=O) groups is 1. The van der Waals surface area contributed by atoms with Gasteiger partial charge in [0, 0.05) is 18.5 Å². The SMILES string of the molecule is CC(O)CCCNC(=O)CCC(C)(C)N. The van der Waals surface area contributed by atoms with Crippen molar-refractivity contribution in [1.29, 1.82) is 0 Å². The highest BCUT2D eigenvalue weighted by Crippen LogP contribution is 2.06. The Morgan fingerprint density at radius 1 is 1.53 bits per heavy atom. The second-order valence-corrected chi connectivity index (χ2v) is 4.83. The Hall–Kier alpha value is -0.610. The standard InChI is InChI=1S/C11H24N2O2/c1-9(14)5-4-8-13-10(15)6-7-11(2,3)12/h9,14H,4-8,12H2,1-3H3,(H,13,15). The fourth-order valence-electron chi connectivity index (χ4n) is 1.15. The minimum Gasteiger partial charge on any atom is -0.393 e. The van der Waals surface area contributed by atoms with Gasteiger partial charge in [-0.25, -0.2) is 0 Å². The van der Waals surface area contributed by atoms with Crippen molar-refractivity contribution in [1.82, 2.24) is 5.32 Å². The smallest absolute Gasteiger partial charge is 0.220 e. The molecule has 90 valence electrons. The first-order chi connectivity index (χ1) is 6.81. The molecule has 0 aliphatic rings. The molecule has 0 aliphatic heterocycles. The van der Waals surface area contributed by atoms with Gasteiger partial charge >= 0.3 is 0 Å². The lowest BCUT2D eigenvalue weighted by Crippen LogP contribution is -2.34. The molecule has 0 spiro atoms. The van der Waals surface area contributed by atoms with Gasteiger partial charge in [0.25, 0.3) is 0 Å². The van der Waals surface area contributed by atoms with Crippen LogP contribution in [-0.2, 0) is 4.79 Å². The van der Waals surface area contributed by atoms with Crippen molar-refractivity contribution in [3.8, 4) is 0 Å². The minimum absolute atomic E-state index is 0.0408. The van der Waals surface area contributed by atoms with Crippen LogP contribution in [0.1, 0.15) is 46.5 Å². The van der Waals surface area contributed by atoms with Crippen LogP contribution in [0.4, 0.5) is 0 Å². The predicted octanol–water partition coefficient (Wildman–Crippen LogP) is 0.781. The van der Waals surface area contributed by atoms with E-state index in [0.29, 0.717) is 19.4 Å². The second kappa shape index (κ2) is 6.80. The lowest BCUT2D eigenvalue weighted by molar-refractivity contribution is -0.121. The first kappa shape index (κ1) is 14.4. The van der Waals surface area contributed by atoms with E-state index < -0.39 is 0 Å². The Morgan fingerprint density at radius 2 is 2.13 bits per heavy atom. The Kier molecular flexibility index (Phi) is 6.52. The molecule has 1 atom stereocenters. The largest absolute Gasteiger partial charge is 0.393 e. The molecule has 0 fully saturated rings. The Bertz CT molecular complexity index is 186. The molecule has 0 aromatic rings. The highest BCUT2D eigenvalue weighted by Gasteiger charge is 2.12. The fraction of sp³-hybridized carbons (Fsp3) is 0.909. The molecule has 0 radical (unpaired) electrons. The molecule has 0 aliphatic carbocycles. The van der Waals surface area contributed by atoms with Crippen LogP contribution in [0.5, 0.6) is 0 Å². The lowest BCUT2D eigenvalue weighted by atomic mass is 10.00. The van der Waals surface area contributed by atoms with E-state index in [1.165, 1.54) is 0 Å². The number of rotatable bonds is 7. The zero-order valence-corrected chi connectivity index (χ0v) is 10.0. The van der Waals surface area contributed by atoms with Gasteiger partial charge in [-0.3, -0.25) is 4.79 Å². The second-order valence-electron chi connectivity index (χ2n) is 4.83. The van der Waals surface area contributed by atoms with E-state index in [2.05, 4.69) is 5.32 Å². The van der Waals surface area contributed by atoms with Crippen molar-refractivity contribution in [3.63, 3.8) is 0 Å². The van der Waals surface area contributed by atoms with Crippen molar-refractivity contribution in [2.45, 2.75) is 58.1 Å². The van der Waals surface area contributed by atoms with Crippen molar-refractivity contribution in [2.75, 3.05) is 6.54 Å². The average molecular weight is 216 g/mol. The van der Waals surface area contributed by atoms with Gasteiger partial charge in [0.1, 0.15) is 0 Å². The third-order valence-electron chi connectivity index (χ3n) is 2.12. The molecule has 15 heavy (non-hydrogen) atoms. The molecule has 0 saturated carbocycles. The quantitative estimate of drug-likeness (QED) is 0.550. The first-order valence-electron chi connectivity index (χ1n) is 5.55. The highest BCUT2D eigenvalue weighted by molar-refractivity contribution is 5.75. The Balaban J connectivity index is 3.42. The van der Waals surface area contributed by atoms with E-state index in [1.54, 1.807) is 6.92 Å². The summed E-state index contributed by atoms with van der Waals surface area (Å²) in [5, 5.41) is 11.8. The maximum atomic E-state index is 11.3. The highest BCUT2D eigenvalue weighted by atomic mass is 16.3. The van der Waals surface area contributed by atoms with E-state index in [0.717, 1.165) is 12.8 Å². The lowest BCUT2D eigenvalue weighted by Gasteiger charge is -2.17. The molecular formula is C11H24N2O2. The van der Waals surface area contributed by atoms with E-state index >= 15 is 0 Å². The van der Waals surface area contributed by atoms with Gasteiger partial charge < -0.3 is 16.2 Å². The predicted molar refractivity (Wildman–Crippen MR) is 61.4 cm³/mol. The third kappa shape index (κ3) is 11.3. The van der Waals surface area contributed by atoms with E-state index in [9.17, 15) is 4.79 Å². The molecule has 4 N–H and O–H groups in total. The van der Waals surface area contributed by atoms with Crippen molar-refractivity contribution in [3.05, 3.63) is 0 Å². The molecule has 4 nitrogen and oxygen atoms in total. The molecule has 0 heterocycles. The molecule has 4 heteroatoms. The van der Waals surface area contributed by atoms with Gasteiger partial charge in [-0.1, -0.05) is 0 Å². The molecular weight excluding hydrogens is 192 g/mol. The first-order valence-corrected chi connectivity index (χ1v) is 5.55. The number of hydrogen-bond donors (Lipinski definition) is 3. The summed E-state index contributed by atoms with van der Waals surface area (Å²) in [5.74, 6) is 0.0408. The molecule has 0 rings (SSSR count). The number of nitrogens with two attached hydrogens (primary N) is 1. The van der Waals surface area contributed by atoms with Crippen LogP contribution in [0.2, 0.25) is 0 Å². The van der Waals surface area contributed by atoms with Crippen LogP contribution in [0, 0.1) is 0 Å². The van der Waals surface area contributed by atoms with E-state index in [1.807, 2.05) is 13.8 Å². The number of carbonyl (C=O) groups excluding carboxylic acids is 1. The molecule has 0 saturated heterocycles. The van der Waals surface area contributed by atoms with Gasteiger partial charge in [-0.05, 0) is 40.0 Å². The average Bonchev–Trinajstić information content (AvgIpc) is 2.07. The Labute approximate surface area is 92.2 Å². The fourth-order valence-corrected chi connectivity index (χ4v) is 1.15. The third-order valence-corrected chi connectivity index (χ3v) is 2.12. The summed E-state index contributed by atoms with van der Waals surface area (Å²) in [6.07, 6.45) is 2.41. The van der Waals surface area contributed by atoms with Crippen molar-refractivity contribution < 1.29 is 9.90 Å². The monoisotopic (exact) mass is 216 g/mol. The van der Waals surface area contributed by atoms with Crippen LogP contribution in [-0.4, -0.2) is 29.2 Å². The van der Waals surface area contributed by atoms with Gasteiger partial charge in [0.2, 0.25) is 5.91 Å². The normalized spacial score (nSPS) is 13.7. The summed E-state index contributed by atoms with van der Waals surface area (Å²) < 4.78 is 0. The van der Waals surface area contributed by atoms with Crippen LogP contribution in [0.25, 0.3) is 0 Å². The summed E-state index contributed by atoms with van der Waals surface area (Å²) in [6.45, 7) is 6.20. The maximum absolute atomic E-state index is 11.3. The summed E-state index contributed by atoms with van der Waals surface area (Å²) in [7, 11) is 0. The number of hydrogen-bond acceptors (Lipinski definition) is 3. The zero-order chi connectivity index (χ0) is 11.9. The minimum atomic E-state index is -0.287. The van der Waals surface area contributed by atoms with E-state index in [4.69, 9.17) is 10.8 Å². The van der Waals surface area contributed by atoms with Gasteiger partial charge in [-0.2, -0.15) is 0 Å². The zero-order valence-electron chi connectivity index (χ0n) is 10.0. The number of aliphatic hydroxyl groups excluding tert-OH is 1. The molecule has 1 amide bonds. The summed E-state index contributed by atoms with van der Waals surface area (Å²) in [6, 6.07) is 0. The van der Waals surface area contributed by atoms with Gasteiger partial charge in [0.15, 0.2) is 0 Å². The number of aliphatic hydroxyl groups is 1. The number of amides is 1. The van der Waals surface area contributed by atoms with Crippen LogP contribution in [0.3, 0.4) is 0 Å². The van der Waals surface area contributed by atoms with Gasteiger partial charge in [-0.15, -0.1) is 0 Å². The van der Waals surface area contributed by atoms with Crippen molar-refractivity contribution >= 4 is 5.91 Å². The molecule has 0 aromatic carbocycles.